The van der Waals surface area contributed by atoms with Gasteiger partial charge in [-0.15, -0.1) is 0 Å². The van der Waals surface area contributed by atoms with Crippen molar-refractivity contribution in [3.8, 4) is 11.1 Å². The van der Waals surface area contributed by atoms with Gasteiger partial charge in [0.25, 0.3) is 0 Å². The van der Waals surface area contributed by atoms with Crippen molar-refractivity contribution in [3.05, 3.63) is 59.4 Å². The highest BCUT2D eigenvalue weighted by molar-refractivity contribution is 5.68. The molecule has 1 nitrogen and oxygen atoms in total. The normalized spacial score (nSPS) is 10.6. The third kappa shape index (κ3) is 2.17. The molecule has 88 valence electrons. The van der Waals surface area contributed by atoms with E-state index in [0.29, 0.717) is 5.56 Å². The zero-order valence-electron chi connectivity index (χ0n) is 8.88. The third-order valence-electron chi connectivity index (χ3n) is 2.53. The van der Waals surface area contributed by atoms with E-state index in [2.05, 4.69) is 0 Å². The van der Waals surface area contributed by atoms with Gasteiger partial charge in [0.1, 0.15) is 5.82 Å². The van der Waals surface area contributed by atoms with Gasteiger partial charge in [0, 0.05) is 12.1 Å². The fourth-order valence-electron chi connectivity index (χ4n) is 1.69. The van der Waals surface area contributed by atoms with Crippen LogP contribution in [0.2, 0.25) is 0 Å². The van der Waals surface area contributed by atoms with E-state index < -0.39 is 17.5 Å². The van der Waals surface area contributed by atoms with E-state index in [-0.39, 0.29) is 17.7 Å². The lowest BCUT2D eigenvalue weighted by molar-refractivity contribution is 0.511. The zero-order chi connectivity index (χ0) is 12.4. The molecule has 0 saturated carbocycles. The molecule has 0 heterocycles. The second-order valence-corrected chi connectivity index (χ2v) is 3.61. The van der Waals surface area contributed by atoms with Crippen LogP contribution in [0, 0.1) is 17.5 Å². The topological polar surface area (TPSA) is 26.0 Å². The summed E-state index contributed by atoms with van der Waals surface area (Å²) in [5.74, 6) is -2.47. The van der Waals surface area contributed by atoms with Gasteiger partial charge in [-0.2, -0.15) is 0 Å². The predicted molar refractivity (Wildman–Crippen MR) is 59.6 cm³/mol. The first-order valence-electron chi connectivity index (χ1n) is 5.06. The van der Waals surface area contributed by atoms with Crippen molar-refractivity contribution in [1.29, 1.82) is 0 Å². The van der Waals surface area contributed by atoms with Crippen LogP contribution in [0.5, 0.6) is 0 Å². The maximum Gasteiger partial charge on any atom is 0.166 e. The molecular weight excluding hydrogens is 227 g/mol. The highest BCUT2D eigenvalue weighted by atomic mass is 19.2. The van der Waals surface area contributed by atoms with Crippen LogP contribution in [0.4, 0.5) is 13.2 Å². The molecule has 0 aliphatic rings. The van der Waals surface area contributed by atoms with Gasteiger partial charge < -0.3 is 5.73 Å². The van der Waals surface area contributed by atoms with Crippen LogP contribution in [0.3, 0.4) is 0 Å². The summed E-state index contributed by atoms with van der Waals surface area (Å²) in [6.07, 6.45) is 0. The summed E-state index contributed by atoms with van der Waals surface area (Å²) >= 11 is 0. The second kappa shape index (κ2) is 4.59. The van der Waals surface area contributed by atoms with E-state index in [1.807, 2.05) is 0 Å². The number of hydrogen-bond acceptors (Lipinski definition) is 1. The monoisotopic (exact) mass is 237 g/mol. The van der Waals surface area contributed by atoms with E-state index in [4.69, 9.17) is 5.73 Å². The Labute approximate surface area is 96.7 Å². The van der Waals surface area contributed by atoms with Crippen molar-refractivity contribution in [1.82, 2.24) is 0 Å². The van der Waals surface area contributed by atoms with Crippen LogP contribution in [0.1, 0.15) is 5.56 Å². The van der Waals surface area contributed by atoms with E-state index in [0.717, 1.165) is 12.1 Å². The van der Waals surface area contributed by atoms with Crippen molar-refractivity contribution < 1.29 is 13.2 Å². The van der Waals surface area contributed by atoms with Crippen LogP contribution in [-0.2, 0) is 6.54 Å². The summed E-state index contributed by atoms with van der Waals surface area (Å²) in [7, 11) is 0. The summed E-state index contributed by atoms with van der Waals surface area (Å²) in [4.78, 5) is 0. The Kier molecular flexibility index (Phi) is 3.15. The molecule has 0 fully saturated rings. The Morgan fingerprint density at radius 2 is 1.71 bits per heavy atom. The standard InChI is InChI=1S/C13H10F3N/c14-9-5-4-8(7-17)11(6-9)10-2-1-3-12(15)13(10)16/h1-6H,7,17H2. The lowest BCUT2D eigenvalue weighted by Gasteiger charge is -2.09. The largest absolute Gasteiger partial charge is 0.326 e. The molecule has 0 atom stereocenters. The quantitative estimate of drug-likeness (QED) is 0.852. The van der Waals surface area contributed by atoms with Crippen LogP contribution in [-0.4, -0.2) is 0 Å². The SMILES string of the molecule is NCc1ccc(F)cc1-c1cccc(F)c1F. The number of halogens is 3. The number of benzene rings is 2. The van der Waals surface area contributed by atoms with Gasteiger partial charge in [0.05, 0.1) is 0 Å². The van der Waals surface area contributed by atoms with Crippen molar-refractivity contribution in [3.63, 3.8) is 0 Å². The zero-order valence-corrected chi connectivity index (χ0v) is 8.88. The summed E-state index contributed by atoms with van der Waals surface area (Å²) < 4.78 is 39.8. The van der Waals surface area contributed by atoms with Gasteiger partial charge in [0.15, 0.2) is 11.6 Å². The Bertz CT molecular complexity index is 552. The van der Waals surface area contributed by atoms with Crippen LogP contribution < -0.4 is 5.73 Å². The molecule has 2 N–H and O–H groups in total. The lowest BCUT2D eigenvalue weighted by atomic mass is 9.99. The lowest BCUT2D eigenvalue weighted by Crippen LogP contribution is -2.01. The molecule has 0 unspecified atom stereocenters. The van der Waals surface area contributed by atoms with Crippen molar-refractivity contribution in [2.75, 3.05) is 0 Å². The van der Waals surface area contributed by atoms with E-state index in [1.165, 1.54) is 24.3 Å². The Morgan fingerprint density at radius 1 is 0.941 bits per heavy atom. The number of nitrogens with two attached hydrogens (primary N) is 1. The van der Waals surface area contributed by atoms with Gasteiger partial charge in [-0.3, -0.25) is 0 Å². The van der Waals surface area contributed by atoms with Crippen LogP contribution >= 0.6 is 0 Å². The Morgan fingerprint density at radius 3 is 2.41 bits per heavy atom. The highest BCUT2D eigenvalue weighted by Crippen LogP contribution is 2.28. The van der Waals surface area contributed by atoms with Crippen LogP contribution in [0.15, 0.2) is 36.4 Å². The second-order valence-electron chi connectivity index (χ2n) is 3.61. The van der Waals surface area contributed by atoms with E-state index in [9.17, 15) is 13.2 Å². The molecule has 4 heteroatoms. The maximum atomic E-state index is 13.6. The first-order valence-corrected chi connectivity index (χ1v) is 5.06. The molecule has 0 aromatic heterocycles. The van der Waals surface area contributed by atoms with Crippen LogP contribution in [0.25, 0.3) is 11.1 Å². The van der Waals surface area contributed by atoms with Gasteiger partial charge in [0.2, 0.25) is 0 Å². The molecular formula is C13H10F3N. The predicted octanol–water partition coefficient (Wildman–Crippen LogP) is 3.23. The minimum atomic E-state index is -0.993. The first-order chi connectivity index (χ1) is 8.13. The number of hydrogen-bond donors (Lipinski definition) is 1. The molecule has 2 rings (SSSR count). The fourth-order valence-corrected chi connectivity index (χ4v) is 1.69. The smallest absolute Gasteiger partial charge is 0.166 e. The first kappa shape index (κ1) is 11.7. The number of rotatable bonds is 2. The van der Waals surface area contributed by atoms with Gasteiger partial charge >= 0.3 is 0 Å². The molecule has 0 aliphatic heterocycles. The molecule has 0 radical (unpaired) electrons. The highest BCUT2D eigenvalue weighted by Gasteiger charge is 2.13. The molecule has 0 saturated heterocycles. The minimum absolute atomic E-state index is 0.0185. The summed E-state index contributed by atoms with van der Waals surface area (Å²) in [5, 5.41) is 0. The average Bonchev–Trinajstić information content (AvgIpc) is 2.33. The molecule has 0 spiro atoms. The van der Waals surface area contributed by atoms with E-state index in [1.54, 1.807) is 0 Å². The van der Waals surface area contributed by atoms with Gasteiger partial charge in [-0.05, 0) is 29.3 Å². The van der Waals surface area contributed by atoms with Gasteiger partial charge in [-0.25, -0.2) is 13.2 Å². The molecule has 17 heavy (non-hydrogen) atoms. The van der Waals surface area contributed by atoms with Crippen molar-refractivity contribution in [2.24, 2.45) is 5.73 Å². The molecule has 2 aromatic carbocycles. The molecule has 0 aliphatic carbocycles. The van der Waals surface area contributed by atoms with Crippen molar-refractivity contribution >= 4 is 0 Å². The minimum Gasteiger partial charge on any atom is -0.326 e. The summed E-state index contributed by atoms with van der Waals surface area (Å²) in [5.41, 5.74) is 6.35. The molecule has 0 amide bonds. The maximum absolute atomic E-state index is 13.6. The molecule has 2 aromatic rings. The Hall–Kier alpha value is -1.81. The fraction of sp³-hybridized carbons (Fsp3) is 0.0769. The summed E-state index contributed by atoms with van der Waals surface area (Å²) in [6.45, 7) is 0.131. The Balaban J connectivity index is 2.67. The molecule has 0 bridgehead atoms. The third-order valence-corrected chi connectivity index (χ3v) is 2.53. The summed E-state index contributed by atoms with van der Waals surface area (Å²) in [6, 6.07) is 7.64. The van der Waals surface area contributed by atoms with Crippen molar-refractivity contribution in [2.45, 2.75) is 6.54 Å². The van der Waals surface area contributed by atoms with Gasteiger partial charge in [-0.1, -0.05) is 18.2 Å². The average molecular weight is 237 g/mol. The van der Waals surface area contributed by atoms with E-state index >= 15 is 0 Å².